The molecule has 156 valence electrons. The Bertz CT molecular complexity index is 1230. The second-order valence-corrected chi connectivity index (χ2v) is 7.05. The molecular formula is C25H21NO5. The molecule has 1 aromatic heterocycles. The number of methoxy groups -OCH3 is 1. The van der Waals surface area contributed by atoms with Crippen molar-refractivity contribution in [1.82, 2.24) is 4.57 Å². The van der Waals surface area contributed by atoms with Gasteiger partial charge in [0.1, 0.15) is 12.4 Å². The number of aromatic nitrogens is 1. The average molecular weight is 415 g/mol. The lowest BCUT2D eigenvalue weighted by molar-refractivity contribution is -0.144. The summed E-state index contributed by atoms with van der Waals surface area (Å²) in [7, 11) is 1.55. The van der Waals surface area contributed by atoms with E-state index in [1.807, 2.05) is 30.3 Å². The Hall–Kier alpha value is -4.06. The first-order valence-corrected chi connectivity index (χ1v) is 9.77. The highest BCUT2D eigenvalue weighted by Gasteiger charge is 2.20. The molecule has 0 unspecified atom stereocenters. The van der Waals surface area contributed by atoms with Crippen LogP contribution in [0.5, 0.6) is 11.6 Å². The number of rotatable bonds is 6. The van der Waals surface area contributed by atoms with Gasteiger partial charge in [0.15, 0.2) is 5.88 Å². The molecule has 1 heterocycles. The van der Waals surface area contributed by atoms with Crippen molar-refractivity contribution in [3.63, 3.8) is 0 Å². The van der Waals surface area contributed by atoms with E-state index in [4.69, 9.17) is 9.47 Å². The summed E-state index contributed by atoms with van der Waals surface area (Å²) in [4.78, 5) is 25.6. The molecule has 0 aliphatic carbocycles. The number of hydrogen-bond acceptors (Lipinski definition) is 5. The van der Waals surface area contributed by atoms with E-state index in [9.17, 15) is 14.7 Å². The topological polar surface area (TPSA) is 77.8 Å². The summed E-state index contributed by atoms with van der Waals surface area (Å²) < 4.78 is 11.7. The number of fused-ring (bicyclic) bond motifs is 1. The van der Waals surface area contributed by atoms with Gasteiger partial charge in [0.2, 0.25) is 0 Å². The second kappa shape index (κ2) is 8.75. The van der Waals surface area contributed by atoms with Crippen LogP contribution in [-0.4, -0.2) is 28.7 Å². The van der Waals surface area contributed by atoms with Crippen LogP contribution < -0.4 is 4.74 Å². The molecule has 4 rings (SSSR count). The van der Waals surface area contributed by atoms with E-state index in [1.54, 1.807) is 49.6 Å². The van der Waals surface area contributed by atoms with Gasteiger partial charge < -0.3 is 14.6 Å². The fourth-order valence-corrected chi connectivity index (χ4v) is 3.47. The van der Waals surface area contributed by atoms with E-state index in [0.29, 0.717) is 27.8 Å². The smallest absolute Gasteiger partial charge is 0.310 e. The second-order valence-electron chi connectivity index (χ2n) is 7.05. The Morgan fingerprint density at radius 1 is 0.935 bits per heavy atom. The Morgan fingerprint density at radius 3 is 2.39 bits per heavy atom. The molecular weight excluding hydrogens is 394 g/mol. The standard InChI is InChI=1S/C25H21NO5/c1-30-21-12-10-18(11-13-21)25(29)26-22(27)14-19-8-5-9-20(24(19)26)15-23(28)31-16-17-6-3-2-4-7-17/h2-14,27H,15-16H2,1H3. The third-order valence-corrected chi connectivity index (χ3v) is 5.01. The number of aromatic hydroxyl groups is 1. The van der Waals surface area contributed by atoms with E-state index < -0.39 is 11.9 Å². The molecule has 0 fully saturated rings. The lowest BCUT2D eigenvalue weighted by Gasteiger charge is -2.11. The lowest BCUT2D eigenvalue weighted by atomic mass is 10.1. The third-order valence-electron chi connectivity index (χ3n) is 5.01. The molecule has 1 N–H and O–H groups in total. The van der Waals surface area contributed by atoms with Gasteiger partial charge in [-0.2, -0.15) is 0 Å². The summed E-state index contributed by atoms with van der Waals surface area (Å²) in [5, 5.41) is 11.1. The van der Waals surface area contributed by atoms with Crippen LogP contribution in [0.25, 0.3) is 10.9 Å². The van der Waals surface area contributed by atoms with Gasteiger partial charge in [0, 0.05) is 17.0 Å². The zero-order chi connectivity index (χ0) is 21.8. The number of benzene rings is 3. The van der Waals surface area contributed by atoms with Crippen molar-refractivity contribution in [2.45, 2.75) is 13.0 Å². The van der Waals surface area contributed by atoms with Gasteiger partial charge in [0.05, 0.1) is 19.0 Å². The number of ether oxygens (including phenoxy) is 2. The number of para-hydroxylation sites is 1. The first-order valence-electron chi connectivity index (χ1n) is 9.77. The summed E-state index contributed by atoms with van der Waals surface area (Å²) in [5.41, 5.74) is 2.36. The van der Waals surface area contributed by atoms with Crippen LogP contribution >= 0.6 is 0 Å². The molecule has 4 aromatic rings. The van der Waals surface area contributed by atoms with Gasteiger partial charge in [-0.1, -0.05) is 48.5 Å². The normalized spacial score (nSPS) is 10.7. The van der Waals surface area contributed by atoms with Crippen molar-refractivity contribution < 1.29 is 24.2 Å². The summed E-state index contributed by atoms with van der Waals surface area (Å²) in [6, 6.07) is 22.9. The molecule has 0 saturated carbocycles. The lowest BCUT2D eigenvalue weighted by Crippen LogP contribution is -2.14. The molecule has 3 aromatic carbocycles. The summed E-state index contributed by atoms with van der Waals surface area (Å²) in [6.45, 7) is 0.173. The maximum atomic E-state index is 13.1. The van der Waals surface area contributed by atoms with Crippen molar-refractivity contribution >= 4 is 22.8 Å². The van der Waals surface area contributed by atoms with Crippen molar-refractivity contribution in [3.05, 3.63) is 95.6 Å². The van der Waals surface area contributed by atoms with E-state index in [0.717, 1.165) is 5.56 Å². The van der Waals surface area contributed by atoms with Crippen LogP contribution in [0.2, 0.25) is 0 Å². The highest BCUT2D eigenvalue weighted by molar-refractivity contribution is 6.05. The molecule has 6 nitrogen and oxygen atoms in total. The van der Waals surface area contributed by atoms with Crippen LogP contribution in [0, 0.1) is 0 Å². The Kier molecular flexibility index (Phi) is 5.71. The third kappa shape index (κ3) is 4.28. The van der Waals surface area contributed by atoms with Crippen LogP contribution in [0.15, 0.2) is 78.9 Å². The van der Waals surface area contributed by atoms with Crippen molar-refractivity contribution in [2.24, 2.45) is 0 Å². The SMILES string of the molecule is COc1ccc(C(=O)n2c(O)cc3cccc(CC(=O)OCc4ccccc4)c32)cc1. The Balaban J connectivity index is 1.62. The fourth-order valence-electron chi connectivity index (χ4n) is 3.47. The molecule has 6 heteroatoms. The van der Waals surface area contributed by atoms with Crippen molar-refractivity contribution in [1.29, 1.82) is 0 Å². The van der Waals surface area contributed by atoms with E-state index >= 15 is 0 Å². The number of nitrogens with zero attached hydrogens (tertiary/aromatic N) is 1. The zero-order valence-electron chi connectivity index (χ0n) is 16.9. The Morgan fingerprint density at radius 2 is 1.68 bits per heavy atom. The molecule has 0 atom stereocenters. The zero-order valence-corrected chi connectivity index (χ0v) is 16.9. The molecule has 0 aliphatic heterocycles. The number of carbonyl (C=O) groups excluding carboxylic acids is 2. The maximum absolute atomic E-state index is 13.1. The quantitative estimate of drug-likeness (QED) is 0.474. The van der Waals surface area contributed by atoms with E-state index in [-0.39, 0.29) is 18.9 Å². The number of hydrogen-bond donors (Lipinski definition) is 1. The van der Waals surface area contributed by atoms with Crippen LogP contribution in [0.1, 0.15) is 21.5 Å². The maximum Gasteiger partial charge on any atom is 0.310 e. The summed E-state index contributed by atoms with van der Waals surface area (Å²) in [6.07, 6.45) is -0.0243. The van der Waals surface area contributed by atoms with Crippen molar-refractivity contribution in [2.75, 3.05) is 7.11 Å². The molecule has 0 saturated heterocycles. The molecule has 0 radical (unpaired) electrons. The summed E-state index contributed by atoms with van der Waals surface area (Å²) in [5.74, 6) is -0.387. The minimum Gasteiger partial charge on any atom is -0.497 e. The van der Waals surface area contributed by atoms with Gasteiger partial charge in [0.25, 0.3) is 5.91 Å². The average Bonchev–Trinajstić information content (AvgIpc) is 3.14. The van der Waals surface area contributed by atoms with Gasteiger partial charge in [-0.05, 0) is 35.4 Å². The van der Waals surface area contributed by atoms with Gasteiger partial charge >= 0.3 is 5.97 Å². The predicted molar refractivity (Wildman–Crippen MR) is 116 cm³/mol. The van der Waals surface area contributed by atoms with Crippen molar-refractivity contribution in [3.8, 4) is 11.6 Å². The number of carbonyl (C=O) groups is 2. The number of esters is 1. The fraction of sp³-hybridized carbons (Fsp3) is 0.120. The summed E-state index contributed by atoms with van der Waals surface area (Å²) >= 11 is 0. The molecule has 0 spiro atoms. The van der Waals surface area contributed by atoms with Gasteiger partial charge in [-0.15, -0.1) is 0 Å². The first kappa shape index (κ1) is 20.2. The highest BCUT2D eigenvalue weighted by Crippen LogP contribution is 2.29. The van der Waals surface area contributed by atoms with Crippen LogP contribution in [-0.2, 0) is 22.6 Å². The largest absolute Gasteiger partial charge is 0.497 e. The molecule has 0 amide bonds. The monoisotopic (exact) mass is 415 g/mol. The Labute approximate surface area is 179 Å². The van der Waals surface area contributed by atoms with E-state index in [1.165, 1.54) is 10.6 Å². The first-order chi connectivity index (χ1) is 15.1. The molecule has 0 bridgehead atoms. The minimum atomic E-state index is -0.416. The molecule has 0 aliphatic rings. The predicted octanol–water partition coefficient (Wildman–Crippen LogP) is 4.33. The highest BCUT2D eigenvalue weighted by atomic mass is 16.5. The van der Waals surface area contributed by atoms with Gasteiger partial charge in [-0.3, -0.25) is 9.59 Å². The van der Waals surface area contributed by atoms with Crippen LogP contribution in [0.4, 0.5) is 0 Å². The van der Waals surface area contributed by atoms with E-state index in [2.05, 4.69) is 0 Å². The van der Waals surface area contributed by atoms with Crippen LogP contribution in [0.3, 0.4) is 0 Å². The van der Waals surface area contributed by atoms with Gasteiger partial charge in [-0.25, -0.2) is 4.57 Å². The minimum absolute atomic E-state index is 0.0243. The molecule has 31 heavy (non-hydrogen) atoms.